The first-order valence-corrected chi connectivity index (χ1v) is 11.2. The van der Waals surface area contributed by atoms with Gasteiger partial charge in [0, 0.05) is 17.1 Å². The van der Waals surface area contributed by atoms with E-state index in [-0.39, 0.29) is 5.91 Å². The lowest BCUT2D eigenvalue weighted by Gasteiger charge is -2.24. The van der Waals surface area contributed by atoms with E-state index in [1.54, 1.807) is 13.3 Å². The molecule has 158 valence electrons. The van der Waals surface area contributed by atoms with E-state index < -0.39 is 0 Å². The molecule has 0 bridgehead atoms. The average molecular weight is 406 g/mol. The Balaban J connectivity index is 1.62. The van der Waals surface area contributed by atoms with Crippen molar-refractivity contribution in [3.63, 3.8) is 0 Å². The Kier molecular flexibility index (Phi) is 6.46. The van der Waals surface area contributed by atoms with Gasteiger partial charge in [-0.3, -0.25) is 4.79 Å². The number of nitrogens with one attached hydrogen (secondary N) is 1. The van der Waals surface area contributed by atoms with Crippen molar-refractivity contribution in [3.05, 3.63) is 47.8 Å². The minimum absolute atomic E-state index is 0.0227. The minimum Gasteiger partial charge on any atom is -0.497 e. The Morgan fingerprint density at radius 2 is 1.87 bits per heavy atom. The monoisotopic (exact) mass is 405 g/mol. The van der Waals surface area contributed by atoms with Crippen molar-refractivity contribution >= 4 is 11.7 Å². The topological polar surface area (TPSA) is 64.1 Å². The number of allylic oxidation sites excluding steroid dienone is 1. The standard InChI is InChI=1S/C25H31N3O2/c1-17-8-10-20(11-9-17)25(29)28-24-23(19-6-4-3-5-7-19)27-22(16-26-24)18-12-14-21(30-2)15-13-18/h10,12-17,19H,3-9,11H2,1-2H3,(H,26,28,29). The third-order valence-corrected chi connectivity index (χ3v) is 6.37. The van der Waals surface area contributed by atoms with Crippen molar-refractivity contribution in [3.8, 4) is 17.0 Å². The third-order valence-electron chi connectivity index (χ3n) is 6.37. The van der Waals surface area contributed by atoms with Crippen molar-refractivity contribution in [2.75, 3.05) is 12.4 Å². The molecule has 4 rings (SSSR count). The molecular weight excluding hydrogens is 374 g/mol. The molecule has 1 saturated carbocycles. The molecule has 2 aromatic rings. The van der Waals surface area contributed by atoms with E-state index >= 15 is 0 Å². The van der Waals surface area contributed by atoms with Gasteiger partial charge in [-0.1, -0.05) is 32.3 Å². The summed E-state index contributed by atoms with van der Waals surface area (Å²) in [5.41, 5.74) is 3.65. The second kappa shape index (κ2) is 9.41. The van der Waals surface area contributed by atoms with Gasteiger partial charge in [0.1, 0.15) is 5.75 Å². The van der Waals surface area contributed by atoms with Gasteiger partial charge in [-0.2, -0.15) is 0 Å². The van der Waals surface area contributed by atoms with E-state index in [1.807, 2.05) is 24.3 Å². The van der Waals surface area contributed by atoms with Gasteiger partial charge in [0.25, 0.3) is 5.91 Å². The van der Waals surface area contributed by atoms with Crippen LogP contribution in [0.5, 0.6) is 5.75 Å². The SMILES string of the molecule is COc1ccc(-c2cnc(NC(=O)C3=CCC(C)CC3)c(C3CCCCC3)n2)cc1. The molecule has 0 spiro atoms. The van der Waals surface area contributed by atoms with Crippen LogP contribution in [0.1, 0.15) is 69.9 Å². The molecule has 1 atom stereocenters. The smallest absolute Gasteiger partial charge is 0.252 e. The van der Waals surface area contributed by atoms with Gasteiger partial charge in [0.05, 0.1) is 24.7 Å². The summed E-state index contributed by atoms with van der Waals surface area (Å²) in [6, 6.07) is 7.87. The zero-order chi connectivity index (χ0) is 20.9. The van der Waals surface area contributed by atoms with Gasteiger partial charge in [0.2, 0.25) is 0 Å². The third kappa shape index (κ3) is 4.72. The van der Waals surface area contributed by atoms with Gasteiger partial charge >= 0.3 is 0 Å². The number of anilines is 1. The van der Waals surface area contributed by atoms with Crippen molar-refractivity contribution in [2.45, 2.75) is 64.2 Å². The van der Waals surface area contributed by atoms with Crippen molar-refractivity contribution in [2.24, 2.45) is 5.92 Å². The molecule has 1 heterocycles. The summed E-state index contributed by atoms with van der Waals surface area (Å²) in [7, 11) is 1.66. The zero-order valence-corrected chi connectivity index (χ0v) is 18.0. The maximum atomic E-state index is 12.9. The number of hydrogen-bond acceptors (Lipinski definition) is 4. The van der Waals surface area contributed by atoms with E-state index in [2.05, 4.69) is 23.3 Å². The number of amides is 1. The van der Waals surface area contributed by atoms with E-state index in [1.165, 1.54) is 19.3 Å². The first kappa shape index (κ1) is 20.6. The molecule has 0 radical (unpaired) electrons. The van der Waals surface area contributed by atoms with Crippen LogP contribution in [0.4, 0.5) is 5.82 Å². The first-order chi connectivity index (χ1) is 14.6. The van der Waals surface area contributed by atoms with Crippen LogP contribution in [0.2, 0.25) is 0 Å². The van der Waals surface area contributed by atoms with E-state index in [4.69, 9.17) is 9.72 Å². The molecule has 1 N–H and O–H groups in total. The van der Waals surface area contributed by atoms with Crippen LogP contribution in [-0.2, 0) is 4.79 Å². The Hall–Kier alpha value is -2.69. The molecule has 2 aliphatic carbocycles. The number of carbonyl (C=O) groups is 1. The normalized spacial score (nSPS) is 19.8. The predicted molar refractivity (Wildman–Crippen MR) is 120 cm³/mol. The molecule has 2 aliphatic rings. The molecule has 0 saturated heterocycles. The van der Waals surface area contributed by atoms with Crippen LogP contribution in [-0.4, -0.2) is 23.0 Å². The Morgan fingerprint density at radius 3 is 2.53 bits per heavy atom. The number of ether oxygens (including phenoxy) is 1. The summed E-state index contributed by atoms with van der Waals surface area (Å²) in [4.78, 5) is 22.5. The molecule has 1 aromatic carbocycles. The Labute approximate surface area is 179 Å². The summed E-state index contributed by atoms with van der Waals surface area (Å²) in [6.45, 7) is 2.23. The minimum atomic E-state index is -0.0227. The van der Waals surface area contributed by atoms with E-state index in [0.29, 0.717) is 17.7 Å². The summed E-state index contributed by atoms with van der Waals surface area (Å²) in [5, 5.41) is 3.09. The van der Waals surface area contributed by atoms with Crippen LogP contribution in [0.15, 0.2) is 42.1 Å². The van der Waals surface area contributed by atoms with Gasteiger partial charge in [-0.05, 0) is 62.3 Å². The quantitative estimate of drug-likeness (QED) is 0.674. The molecule has 1 aromatic heterocycles. The van der Waals surface area contributed by atoms with Crippen molar-refractivity contribution in [1.82, 2.24) is 9.97 Å². The Bertz CT molecular complexity index is 914. The molecule has 0 aliphatic heterocycles. The number of aromatic nitrogens is 2. The molecule has 30 heavy (non-hydrogen) atoms. The average Bonchev–Trinajstić information content (AvgIpc) is 2.80. The number of nitrogens with zero attached hydrogens (tertiary/aromatic N) is 2. The number of carbonyl (C=O) groups excluding carboxylic acids is 1. The summed E-state index contributed by atoms with van der Waals surface area (Å²) < 4.78 is 5.26. The highest BCUT2D eigenvalue weighted by atomic mass is 16.5. The fraction of sp³-hybridized carbons (Fsp3) is 0.480. The number of benzene rings is 1. The highest BCUT2D eigenvalue weighted by Gasteiger charge is 2.24. The van der Waals surface area contributed by atoms with E-state index in [0.717, 1.165) is 60.4 Å². The fourth-order valence-electron chi connectivity index (χ4n) is 4.42. The van der Waals surface area contributed by atoms with Crippen LogP contribution >= 0.6 is 0 Å². The summed E-state index contributed by atoms with van der Waals surface area (Å²) in [6.07, 6.45) is 12.6. The first-order valence-electron chi connectivity index (χ1n) is 11.2. The van der Waals surface area contributed by atoms with Crippen molar-refractivity contribution < 1.29 is 9.53 Å². The van der Waals surface area contributed by atoms with Crippen LogP contribution in [0.25, 0.3) is 11.3 Å². The van der Waals surface area contributed by atoms with Crippen molar-refractivity contribution in [1.29, 1.82) is 0 Å². The largest absolute Gasteiger partial charge is 0.497 e. The van der Waals surface area contributed by atoms with Crippen LogP contribution in [0.3, 0.4) is 0 Å². The summed E-state index contributed by atoms with van der Waals surface area (Å²) >= 11 is 0. The highest BCUT2D eigenvalue weighted by Crippen LogP contribution is 2.36. The predicted octanol–water partition coefficient (Wildman–Crippen LogP) is 5.88. The number of methoxy groups -OCH3 is 1. The lowest BCUT2D eigenvalue weighted by Crippen LogP contribution is -2.21. The highest BCUT2D eigenvalue weighted by molar-refractivity contribution is 6.03. The zero-order valence-electron chi connectivity index (χ0n) is 18.0. The molecule has 1 unspecified atom stereocenters. The molecule has 5 heteroatoms. The van der Waals surface area contributed by atoms with Gasteiger partial charge in [0.15, 0.2) is 5.82 Å². The molecular formula is C25H31N3O2. The second-order valence-corrected chi connectivity index (χ2v) is 8.62. The second-order valence-electron chi connectivity index (χ2n) is 8.62. The Morgan fingerprint density at radius 1 is 1.10 bits per heavy atom. The molecule has 1 amide bonds. The van der Waals surface area contributed by atoms with Gasteiger partial charge < -0.3 is 10.1 Å². The van der Waals surface area contributed by atoms with Crippen LogP contribution < -0.4 is 10.1 Å². The number of rotatable bonds is 5. The fourth-order valence-corrected chi connectivity index (χ4v) is 4.42. The molecule has 5 nitrogen and oxygen atoms in total. The number of hydrogen-bond donors (Lipinski definition) is 1. The lowest BCUT2D eigenvalue weighted by molar-refractivity contribution is -0.113. The van der Waals surface area contributed by atoms with Crippen LogP contribution in [0, 0.1) is 5.92 Å². The van der Waals surface area contributed by atoms with Gasteiger partial charge in [-0.15, -0.1) is 0 Å². The maximum absolute atomic E-state index is 12.9. The van der Waals surface area contributed by atoms with Gasteiger partial charge in [-0.25, -0.2) is 9.97 Å². The maximum Gasteiger partial charge on any atom is 0.252 e. The van der Waals surface area contributed by atoms with E-state index in [9.17, 15) is 4.79 Å². The lowest BCUT2D eigenvalue weighted by atomic mass is 9.86. The molecule has 1 fully saturated rings. The summed E-state index contributed by atoms with van der Waals surface area (Å²) in [5.74, 6) is 2.43.